The van der Waals surface area contributed by atoms with Gasteiger partial charge in [0.25, 0.3) is 0 Å². The van der Waals surface area contributed by atoms with Gasteiger partial charge in [0.05, 0.1) is 22.5 Å². The molecule has 0 amide bonds. The fourth-order valence-corrected chi connectivity index (χ4v) is 1.60. The number of nitrogens with zero attached hydrogens (tertiary/aromatic N) is 2. The van der Waals surface area contributed by atoms with Gasteiger partial charge in [-0.05, 0) is 26.0 Å². The summed E-state index contributed by atoms with van der Waals surface area (Å²) in [5.41, 5.74) is 1.83. The first-order valence-electron chi connectivity index (χ1n) is 4.73. The van der Waals surface area contributed by atoms with Crippen molar-refractivity contribution in [3.05, 3.63) is 35.3 Å². The number of carboxylic acids is 1. The topological polar surface area (TPSA) is 76.2 Å². The molecule has 0 unspecified atom stereocenters. The summed E-state index contributed by atoms with van der Waals surface area (Å²) in [5, 5.41) is 12.8. The van der Waals surface area contributed by atoms with Gasteiger partial charge in [-0.2, -0.15) is 0 Å². The first-order chi connectivity index (χ1) is 7.61. The van der Waals surface area contributed by atoms with E-state index in [-0.39, 0.29) is 5.56 Å². The van der Waals surface area contributed by atoms with Gasteiger partial charge in [0.1, 0.15) is 5.76 Å². The summed E-state index contributed by atoms with van der Waals surface area (Å²) >= 11 is 0. The highest BCUT2D eigenvalue weighted by molar-refractivity contribution is 5.95. The Morgan fingerprint density at radius 2 is 2.19 bits per heavy atom. The Hall–Kier alpha value is -2.17. The van der Waals surface area contributed by atoms with Crippen LogP contribution in [-0.4, -0.2) is 21.2 Å². The zero-order valence-electron chi connectivity index (χ0n) is 8.89. The van der Waals surface area contributed by atoms with Crippen molar-refractivity contribution in [2.24, 2.45) is 0 Å². The fourth-order valence-electron chi connectivity index (χ4n) is 1.60. The summed E-state index contributed by atoms with van der Waals surface area (Å²) in [5.74, 6) is -0.443. The third kappa shape index (κ3) is 1.56. The van der Waals surface area contributed by atoms with Gasteiger partial charge in [0.15, 0.2) is 0 Å². The largest absolute Gasteiger partial charge is 0.478 e. The Bertz CT molecular complexity index is 526. The minimum absolute atomic E-state index is 0.150. The van der Waals surface area contributed by atoms with Gasteiger partial charge >= 0.3 is 5.97 Å². The number of hydrogen-bond donors (Lipinski definition) is 1. The highest BCUT2D eigenvalue weighted by Gasteiger charge is 2.19. The van der Waals surface area contributed by atoms with Crippen molar-refractivity contribution in [2.75, 3.05) is 0 Å². The van der Waals surface area contributed by atoms with Crippen molar-refractivity contribution >= 4 is 5.97 Å². The smallest absolute Gasteiger partial charge is 0.337 e. The van der Waals surface area contributed by atoms with Gasteiger partial charge in [-0.3, -0.25) is 4.98 Å². The fraction of sp³-hybridized carbons (Fsp3) is 0.182. The Morgan fingerprint density at radius 1 is 1.44 bits per heavy atom. The monoisotopic (exact) mass is 218 g/mol. The van der Waals surface area contributed by atoms with Crippen LogP contribution in [0.5, 0.6) is 0 Å². The van der Waals surface area contributed by atoms with Crippen LogP contribution in [-0.2, 0) is 0 Å². The number of carboxylic acid groups (broad SMARTS) is 1. The quantitative estimate of drug-likeness (QED) is 0.834. The van der Waals surface area contributed by atoms with E-state index in [2.05, 4.69) is 10.1 Å². The second-order valence-corrected chi connectivity index (χ2v) is 3.40. The molecule has 0 aliphatic rings. The van der Waals surface area contributed by atoms with Crippen LogP contribution in [0, 0.1) is 13.8 Å². The lowest BCUT2D eigenvalue weighted by Gasteiger charge is -2.03. The molecule has 5 nitrogen and oxygen atoms in total. The number of aryl methyl sites for hydroxylation is 2. The number of hydrogen-bond acceptors (Lipinski definition) is 4. The lowest BCUT2D eigenvalue weighted by molar-refractivity contribution is 0.0697. The molecule has 0 saturated heterocycles. The number of pyridine rings is 1. The molecule has 0 aliphatic heterocycles. The van der Waals surface area contributed by atoms with Crippen LogP contribution in [0.1, 0.15) is 21.8 Å². The van der Waals surface area contributed by atoms with Gasteiger partial charge in [0.2, 0.25) is 0 Å². The first kappa shape index (κ1) is 10.4. The van der Waals surface area contributed by atoms with E-state index in [1.54, 1.807) is 26.1 Å². The number of rotatable bonds is 2. The molecule has 0 atom stereocenters. The van der Waals surface area contributed by atoms with E-state index in [1.165, 1.54) is 6.07 Å². The standard InChI is InChI=1S/C11H10N2O3/c1-6-9(7(2)16-13-6)10-8(11(14)15)4-3-5-12-10/h3-5H,1-2H3,(H,14,15). The van der Waals surface area contributed by atoms with Gasteiger partial charge in [0, 0.05) is 6.20 Å². The van der Waals surface area contributed by atoms with E-state index in [0.29, 0.717) is 22.7 Å². The average Bonchev–Trinajstić information content (AvgIpc) is 2.58. The minimum Gasteiger partial charge on any atom is -0.478 e. The highest BCUT2D eigenvalue weighted by Crippen LogP contribution is 2.27. The summed E-state index contributed by atoms with van der Waals surface area (Å²) in [7, 11) is 0. The number of carbonyl (C=O) groups is 1. The Morgan fingerprint density at radius 3 is 2.75 bits per heavy atom. The molecule has 0 radical (unpaired) electrons. The van der Waals surface area contributed by atoms with Crippen LogP contribution in [0.4, 0.5) is 0 Å². The second kappa shape index (κ2) is 3.77. The summed E-state index contributed by atoms with van der Waals surface area (Å²) in [6, 6.07) is 3.10. The predicted octanol–water partition coefficient (Wildman–Crippen LogP) is 2.05. The van der Waals surface area contributed by atoms with E-state index in [1.807, 2.05) is 0 Å². The maximum absolute atomic E-state index is 11.0. The van der Waals surface area contributed by atoms with Crippen LogP contribution in [0.3, 0.4) is 0 Å². The molecule has 16 heavy (non-hydrogen) atoms. The molecule has 0 saturated carbocycles. The summed E-state index contributed by atoms with van der Waals surface area (Å²) in [6.45, 7) is 3.49. The van der Waals surface area contributed by atoms with Crippen LogP contribution in [0.2, 0.25) is 0 Å². The summed E-state index contributed by atoms with van der Waals surface area (Å²) < 4.78 is 5.00. The van der Waals surface area contributed by atoms with Gasteiger partial charge in [-0.15, -0.1) is 0 Å². The molecule has 0 aliphatic carbocycles. The third-order valence-electron chi connectivity index (χ3n) is 2.31. The van der Waals surface area contributed by atoms with Crippen LogP contribution >= 0.6 is 0 Å². The Balaban J connectivity index is 2.69. The van der Waals surface area contributed by atoms with Crippen molar-refractivity contribution in [1.82, 2.24) is 10.1 Å². The van der Waals surface area contributed by atoms with Crippen molar-refractivity contribution in [2.45, 2.75) is 13.8 Å². The van der Waals surface area contributed by atoms with Crippen molar-refractivity contribution < 1.29 is 14.4 Å². The second-order valence-electron chi connectivity index (χ2n) is 3.40. The van der Waals surface area contributed by atoms with Crippen molar-refractivity contribution in [3.63, 3.8) is 0 Å². The SMILES string of the molecule is Cc1noc(C)c1-c1ncccc1C(=O)O. The molecule has 82 valence electrons. The van der Waals surface area contributed by atoms with Gasteiger partial charge in [-0.1, -0.05) is 5.16 Å². The maximum atomic E-state index is 11.0. The van der Waals surface area contributed by atoms with Crippen molar-refractivity contribution in [3.8, 4) is 11.3 Å². The van der Waals surface area contributed by atoms with Gasteiger partial charge in [-0.25, -0.2) is 4.79 Å². The number of aromatic nitrogens is 2. The maximum Gasteiger partial charge on any atom is 0.337 e. The molecule has 2 aromatic heterocycles. The molecular formula is C11H10N2O3. The number of aromatic carboxylic acids is 1. The molecule has 5 heteroatoms. The molecule has 0 aromatic carbocycles. The zero-order valence-corrected chi connectivity index (χ0v) is 8.89. The molecule has 1 N–H and O–H groups in total. The zero-order chi connectivity index (χ0) is 11.7. The minimum atomic E-state index is -1.01. The lowest BCUT2D eigenvalue weighted by Crippen LogP contribution is -2.01. The molecule has 2 aromatic rings. The van der Waals surface area contributed by atoms with E-state index in [9.17, 15) is 4.79 Å². The lowest BCUT2D eigenvalue weighted by atomic mass is 10.0. The highest BCUT2D eigenvalue weighted by atomic mass is 16.5. The normalized spacial score (nSPS) is 10.4. The summed E-state index contributed by atoms with van der Waals surface area (Å²) in [6.07, 6.45) is 1.55. The average molecular weight is 218 g/mol. The molecule has 0 spiro atoms. The van der Waals surface area contributed by atoms with Crippen LogP contribution in [0.15, 0.2) is 22.9 Å². The molecule has 2 heterocycles. The molecular weight excluding hydrogens is 208 g/mol. The van der Waals surface area contributed by atoms with Crippen LogP contribution < -0.4 is 0 Å². The summed E-state index contributed by atoms with van der Waals surface area (Å²) in [4.78, 5) is 15.1. The predicted molar refractivity (Wildman–Crippen MR) is 56.2 cm³/mol. The van der Waals surface area contributed by atoms with Gasteiger partial charge < -0.3 is 9.63 Å². The first-order valence-corrected chi connectivity index (χ1v) is 4.73. The van der Waals surface area contributed by atoms with E-state index in [0.717, 1.165) is 0 Å². The van der Waals surface area contributed by atoms with E-state index >= 15 is 0 Å². The third-order valence-corrected chi connectivity index (χ3v) is 2.31. The Kier molecular flexibility index (Phi) is 2.44. The van der Waals surface area contributed by atoms with E-state index < -0.39 is 5.97 Å². The molecule has 2 rings (SSSR count). The molecule has 0 bridgehead atoms. The Labute approximate surface area is 91.7 Å². The van der Waals surface area contributed by atoms with Crippen molar-refractivity contribution in [1.29, 1.82) is 0 Å². The van der Waals surface area contributed by atoms with E-state index in [4.69, 9.17) is 9.63 Å². The molecule has 0 fully saturated rings. The van der Waals surface area contributed by atoms with Crippen LogP contribution in [0.25, 0.3) is 11.3 Å².